The van der Waals surface area contributed by atoms with Crippen LogP contribution in [-0.4, -0.2) is 49.1 Å². The first-order valence-electron chi connectivity index (χ1n) is 7.42. The van der Waals surface area contributed by atoms with Gasteiger partial charge in [-0.25, -0.2) is 0 Å². The van der Waals surface area contributed by atoms with Crippen LogP contribution in [0.3, 0.4) is 0 Å². The Morgan fingerprint density at radius 1 is 1.28 bits per heavy atom. The number of rotatable bonds is 3. The van der Waals surface area contributed by atoms with Crippen LogP contribution >= 0.6 is 0 Å². The topological polar surface area (TPSA) is 44.4 Å². The summed E-state index contributed by atoms with van der Waals surface area (Å²) in [5, 5.41) is 6.55. The molecule has 2 saturated heterocycles. The molecular weight excluding hydrogens is 226 g/mol. The van der Waals surface area contributed by atoms with E-state index in [9.17, 15) is 4.79 Å². The molecule has 2 aliphatic rings. The molecule has 2 rings (SSSR count). The third-order valence-corrected chi connectivity index (χ3v) is 4.27. The lowest BCUT2D eigenvalue weighted by Gasteiger charge is -2.35. The predicted molar refractivity (Wildman–Crippen MR) is 73.5 cm³/mol. The summed E-state index contributed by atoms with van der Waals surface area (Å²) in [6.07, 6.45) is 4.34. The van der Waals surface area contributed by atoms with Gasteiger partial charge in [0.2, 0.25) is 5.91 Å². The van der Waals surface area contributed by atoms with E-state index in [1.165, 1.54) is 6.42 Å². The molecule has 2 aliphatic heterocycles. The molecule has 1 amide bonds. The quantitative estimate of drug-likeness (QED) is 0.788. The lowest BCUT2D eigenvalue weighted by molar-refractivity contribution is -0.127. The van der Waals surface area contributed by atoms with Gasteiger partial charge in [0.05, 0.1) is 0 Å². The van der Waals surface area contributed by atoms with Gasteiger partial charge >= 0.3 is 0 Å². The van der Waals surface area contributed by atoms with Crippen molar-refractivity contribution in [2.75, 3.05) is 26.2 Å². The summed E-state index contributed by atoms with van der Waals surface area (Å²) in [5.74, 6) is 0.522. The Morgan fingerprint density at radius 3 is 2.56 bits per heavy atom. The van der Waals surface area contributed by atoms with Gasteiger partial charge in [-0.3, -0.25) is 4.79 Å². The summed E-state index contributed by atoms with van der Waals surface area (Å²) >= 11 is 0. The van der Waals surface area contributed by atoms with Crippen LogP contribution in [0.1, 0.15) is 39.5 Å². The van der Waals surface area contributed by atoms with E-state index in [2.05, 4.69) is 29.4 Å². The van der Waals surface area contributed by atoms with Gasteiger partial charge in [0.25, 0.3) is 0 Å². The summed E-state index contributed by atoms with van der Waals surface area (Å²) < 4.78 is 0. The summed E-state index contributed by atoms with van der Waals surface area (Å²) in [5.41, 5.74) is 0. The van der Waals surface area contributed by atoms with Crippen LogP contribution in [0.5, 0.6) is 0 Å². The summed E-state index contributed by atoms with van der Waals surface area (Å²) in [6, 6.07) is 0.964. The number of nitrogens with zero attached hydrogens (tertiary/aromatic N) is 1. The van der Waals surface area contributed by atoms with Crippen molar-refractivity contribution in [2.24, 2.45) is 5.92 Å². The number of likely N-dealkylation sites (tertiary alicyclic amines) is 1. The number of carbonyl (C=O) groups excluding carboxylic acids is 1. The SMILES string of the molecule is CC(C)N1CCC(C(=O)N[C@H]2CCCNC2)CC1. The molecule has 4 heteroatoms. The number of hydrogen-bond donors (Lipinski definition) is 2. The third kappa shape index (κ3) is 3.69. The molecule has 0 aromatic heterocycles. The molecule has 2 N–H and O–H groups in total. The molecule has 2 fully saturated rings. The average molecular weight is 253 g/mol. The number of hydrogen-bond acceptors (Lipinski definition) is 3. The van der Waals surface area contributed by atoms with Crippen molar-refractivity contribution in [3.8, 4) is 0 Å². The van der Waals surface area contributed by atoms with Crippen molar-refractivity contribution < 1.29 is 4.79 Å². The highest BCUT2D eigenvalue weighted by Gasteiger charge is 2.27. The van der Waals surface area contributed by atoms with Gasteiger partial charge in [0.15, 0.2) is 0 Å². The maximum absolute atomic E-state index is 12.2. The fourth-order valence-electron chi connectivity index (χ4n) is 2.97. The van der Waals surface area contributed by atoms with Crippen LogP contribution in [-0.2, 0) is 4.79 Å². The van der Waals surface area contributed by atoms with Crippen molar-refractivity contribution in [1.82, 2.24) is 15.5 Å². The second kappa shape index (κ2) is 6.53. The number of nitrogens with one attached hydrogen (secondary N) is 2. The smallest absolute Gasteiger partial charge is 0.223 e. The van der Waals surface area contributed by atoms with Crippen molar-refractivity contribution in [3.05, 3.63) is 0 Å². The summed E-state index contributed by atoms with van der Waals surface area (Å²) in [4.78, 5) is 14.6. The van der Waals surface area contributed by atoms with E-state index in [0.717, 1.165) is 45.4 Å². The third-order valence-electron chi connectivity index (χ3n) is 4.27. The average Bonchev–Trinajstić information content (AvgIpc) is 2.40. The normalized spacial score (nSPS) is 27.4. The minimum atomic E-state index is 0.238. The largest absolute Gasteiger partial charge is 0.352 e. The van der Waals surface area contributed by atoms with Crippen molar-refractivity contribution in [2.45, 2.75) is 51.6 Å². The maximum Gasteiger partial charge on any atom is 0.223 e. The minimum absolute atomic E-state index is 0.238. The molecule has 104 valence electrons. The van der Waals surface area contributed by atoms with Crippen molar-refractivity contribution in [3.63, 3.8) is 0 Å². The Balaban J connectivity index is 1.73. The van der Waals surface area contributed by atoms with E-state index >= 15 is 0 Å². The van der Waals surface area contributed by atoms with Crippen molar-refractivity contribution >= 4 is 5.91 Å². The number of amides is 1. The monoisotopic (exact) mass is 253 g/mol. The molecule has 1 atom stereocenters. The standard InChI is InChI=1S/C14H27N3O/c1-11(2)17-8-5-12(6-9-17)14(18)16-13-4-3-7-15-10-13/h11-13,15H,3-10H2,1-2H3,(H,16,18)/t13-/m0/s1. The van der Waals surface area contributed by atoms with Gasteiger partial charge in [-0.2, -0.15) is 0 Å². The lowest BCUT2D eigenvalue weighted by Crippen LogP contribution is -2.49. The molecule has 0 radical (unpaired) electrons. The fraction of sp³-hybridized carbons (Fsp3) is 0.929. The van der Waals surface area contributed by atoms with E-state index in [4.69, 9.17) is 0 Å². The molecule has 4 nitrogen and oxygen atoms in total. The Kier molecular flexibility index (Phi) is 5.01. The van der Waals surface area contributed by atoms with E-state index in [1.807, 2.05) is 0 Å². The van der Waals surface area contributed by atoms with Crippen LogP contribution in [0.4, 0.5) is 0 Å². The van der Waals surface area contributed by atoms with E-state index in [0.29, 0.717) is 12.1 Å². The number of carbonyl (C=O) groups is 1. The molecular formula is C14H27N3O. The first kappa shape index (κ1) is 13.8. The second-order valence-corrected chi connectivity index (χ2v) is 5.96. The highest BCUT2D eigenvalue weighted by Crippen LogP contribution is 2.19. The molecule has 0 aromatic rings. The van der Waals surface area contributed by atoms with E-state index in [-0.39, 0.29) is 11.8 Å². The van der Waals surface area contributed by atoms with Gasteiger partial charge in [0, 0.05) is 24.5 Å². The molecule has 0 spiro atoms. The van der Waals surface area contributed by atoms with Crippen LogP contribution < -0.4 is 10.6 Å². The molecule has 0 saturated carbocycles. The number of piperidine rings is 2. The highest BCUT2D eigenvalue weighted by molar-refractivity contribution is 5.79. The van der Waals surface area contributed by atoms with Gasteiger partial charge in [-0.15, -0.1) is 0 Å². The van der Waals surface area contributed by atoms with Gasteiger partial charge < -0.3 is 15.5 Å². The Bertz CT molecular complexity index is 266. The van der Waals surface area contributed by atoms with Crippen molar-refractivity contribution in [1.29, 1.82) is 0 Å². The Morgan fingerprint density at radius 2 is 2.00 bits per heavy atom. The van der Waals surface area contributed by atoms with Gasteiger partial charge in [-0.1, -0.05) is 0 Å². The highest BCUT2D eigenvalue weighted by atomic mass is 16.1. The zero-order chi connectivity index (χ0) is 13.0. The van der Waals surface area contributed by atoms with Crippen LogP contribution in [0.2, 0.25) is 0 Å². The van der Waals surface area contributed by atoms with Crippen LogP contribution in [0.15, 0.2) is 0 Å². The zero-order valence-corrected chi connectivity index (χ0v) is 11.7. The zero-order valence-electron chi connectivity index (χ0n) is 11.7. The summed E-state index contributed by atoms with van der Waals surface area (Å²) in [7, 11) is 0. The maximum atomic E-state index is 12.2. The van der Waals surface area contributed by atoms with Crippen LogP contribution in [0, 0.1) is 5.92 Å². The first-order valence-corrected chi connectivity index (χ1v) is 7.42. The molecule has 0 aliphatic carbocycles. The molecule has 0 bridgehead atoms. The predicted octanol–water partition coefficient (Wildman–Crippen LogP) is 0.975. The molecule has 18 heavy (non-hydrogen) atoms. The fourth-order valence-corrected chi connectivity index (χ4v) is 2.97. The first-order chi connectivity index (χ1) is 8.66. The van der Waals surface area contributed by atoms with Crippen LogP contribution in [0.25, 0.3) is 0 Å². The molecule has 0 aromatic carbocycles. The second-order valence-electron chi connectivity index (χ2n) is 5.96. The van der Waals surface area contributed by atoms with E-state index < -0.39 is 0 Å². The minimum Gasteiger partial charge on any atom is -0.352 e. The van der Waals surface area contributed by atoms with Gasteiger partial charge in [0.1, 0.15) is 0 Å². The van der Waals surface area contributed by atoms with Gasteiger partial charge in [-0.05, 0) is 59.2 Å². The Hall–Kier alpha value is -0.610. The Labute approximate surface area is 110 Å². The molecule has 2 heterocycles. The van der Waals surface area contributed by atoms with E-state index in [1.54, 1.807) is 0 Å². The summed E-state index contributed by atoms with van der Waals surface area (Å²) in [6.45, 7) is 8.63. The lowest BCUT2D eigenvalue weighted by atomic mass is 9.94. The molecule has 0 unspecified atom stereocenters.